The molecule has 6 nitrogen and oxygen atoms in total. The van der Waals surface area contributed by atoms with Crippen LogP contribution in [0.25, 0.3) is 0 Å². The Labute approximate surface area is 130 Å². The van der Waals surface area contributed by atoms with Crippen molar-refractivity contribution in [2.24, 2.45) is 0 Å². The molecule has 114 valence electrons. The van der Waals surface area contributed by atoms with E-state index in [1.807, 2.05) is 0 Å². The predicted octanol–water partition coefficient (Wildman–Crippen LogP) is 1.61. The Morgan fingerprint density at radius 2 is 2.05 bits per heavy atom. The molecule has 0 spiro atoms. The Balaban J connectivity index is 2.54. The van der Waals surface area contributed by atoms with Gasteiger partial charge in [-0.3, -0.25) is 9.59 Å². The lowest BCUT2D eigenvalue weighted by Crippen LogP contribution is -2.27. The summed E-state index contributed by atoms with van der Waals surface area (Å²) < 4.78 is 25.4. The summed E-state index contributed by atoms with van der Waals surface area (Å²) >= 11 is 3.26. The molecule has 1 aliphatic heterocycles. The van der Waals surface area contributed by atoms with Crippen LogP contribution in [0.1, 0.15) is 18.9 Å². The summed E-state index contributed by atoms with van der Waals surface area (Å²) in [5.74, 6) is -1.89. The minimum atomic E-state index is -3.77. The lowest BCUT2D eigenvalue weighted by molar-refractivity contribution is -0.136. The Kier molecular flexibility index (Phi) is 4.38. The minimum absolute atomic E-state index is 0.0147. The molecule has 0 radical (unpaired) electrons. The number of carboxylic acid groups (broad SMARTS) is 1. The average molecular weight is 376 g/mol. The van der Waals surface area contributed by atoms with Crippen LogP contribution in [-0.2, 0) is 25.8 Å². The van der Waals surface area contributed by atoms with Crippen molar-refractivity contribution in [1.82, 2.24) is 0 Å². The number of nitrogens with zero attached hydrogens (tertiary/aromatic N) is 1. The topological polar surface area (TPSA) is 91.8 Å². The lowest BCUT2D eigenvalue weighted by Gasteiger charge is -2.19. The van der Waals surface area contributed by atoms with Crippen LogP contribution in [0.3, 0.4) is 0 Å². The minimum Gasteiger partial charge on any atom is -0.481 e. The highest BCUT2D eigenvalue weighted by atomic mass is 79.9. The number of sulfone groups is 1. The molecule has 0 aliphatic carbocycles. The fourth-order valence-corrected chi connectivity index (χ4v) is 4.52. The molecule has 0 saturated heterocycles. The summed E-state index contributed by atoms with van der Waals surface area (Å²) in [5, 5.41) is 8.67. The summed E-state index contributed by atoms with van der Waals surface area (Å²) in [6, 6.07) is 3.21. The van der Waals surface area contributed by atoms with Gasteiger partial charge in [0.05, 0.1) is 22.8 Å². The molecule has 0 saturated carbocycles. The summed E-state index contributed by atoms with van der Waals surface area (Å²) in [4.78, 5) is 23.7. The molecule has 2 rings (SSSR count). The molecule has 21 heavy (non-hydrogen) atoms. The van der Waals surface area contributed by atoms with Gasteiger partial charge in [-0.2, -0.15) is 0 Å². The van der Waals surface area contributed by atoms with E-state index in [2.05, 4.69) is 15.9 Å². The van der Waals surface area contributed by atoms with E-state index in [1.165, 1.54) is 17.9 Å². The number of amides is 1. The number of carbonyl (C=O) groups is 2. The van der Waals surface area contributed by atoms with Gasteiger partial charge in [-0.05, 0) is 24.1 Å². The number of halogens is 1. The zero-order valence-corrected chi connectivity index (χ0v) is 13.7. The molecule has 1 amide bonds. The maximum absolute atomic E-state index is 12.4. The van der Waals surface area contributed by atoms with Crippen molar-refractivity contribution >= 4 is 43.3 Å². The van der Waals surface area contributed by atoms with E-state index in [0.717, 1.165) is 5.56 Å². The van der Waals surface area contributed by atoms with Gasteiger partial charge in [0.25, 0.3) is 0 Å². The van der Waals surface area contributed by atoms with Gasteiger partial charge in [0.15, 0.2) is 9.84 Å². The summed E-state index contributed by atoms with van der Waals surface area (Å²) in [6.07, 6.45) is 0.111. The van der Waals surface area contributed by atoms with Crippen LogP contribution < -0.4 is 4.90 Å². The van der Waals surface area contributed by atoms with E-state index in [4.69, 9.17) is 5.11 Å². The van der Waals surface area contributed by atoms with Crippen LogP contribution >= 0.6 is 15.9 Å². The Morgan fingerprint density at radius 1 is 1.38 bits per heavy atom. The van der Waals surface area contributed by atoms with Gasteiger partial charge in [0.2, 0.25) is 5.91 Å². The molecule has 0 unspecified atom stereocenters. The van der Waals surface area contributed by atoms with E-state index in [9.17, 15) is 18.0 Å². The van der Waals surface area contributed by atoms with Crippen LogP contribution in [0.2, 0.25) is 0 Å². The average Bonchev–Trinajstić information content (AvgIpc) is 2.79. The third-order valence-corrected chi connectivity index (χ3v) is 5.47. The van der Waals surface area contributed by atoms with Crippen LogP contribution in [0, 0.1) is 0 Å². The quantitative estimate of drug-likeness (QED) is 0.862. The van der Waals surface area contributed by atoms with Crippen LogP contribution in [-0.4, -0.2) is 37.7 Å². The van der Waals surface area contributed by atoms with Crippen LogP contribution in [0.15, 0.2) is 21.5 Å². The number of hydrogen-bond acceptors (Lipinski definition) is 4. The highest BCUT2D eigenvalue weighted by Gasteiger charge is 2.31. The molecule has 1 heterocycles. The molecule has 8 heteroatoms. The van der Waals surface area contributed by atoms with Crippen molar-refractivity contribution in [1.29, 1.82) is 0 Å². The van der Waals surface area contributed by atoms with Gasteiger partial charge >= 0.3 is 5.97 Å². The van der Waals surface area contributed by atoms with Crippen molar-refractivity contribution in [2.45, 2.75) is 24.7 Å². The largest absolute Gasteiger partial charge is 0.481 e. The second-order valence-corrected chi connectivity index (χ2v) is 7.79. The van der Waals surface area contributed by atoms with Crippen LogP contribution in [0.5, 0.6) is 0 Å². The Morgan fingerprint density at radius 3 is 2.62 bits per heavy atom. The smallest absolute Gasteiger partial charge is 0.304 e. The molecule has 1 N–H and O–H groups in total. The molecule has 0 aromatic heterocycles. The molecule has 1 aliphatic rings. The first kappa shape index (κ1) is 16.0. The highest BCUT2D eigenvalue weighted by molar-refractivity contribution is 9.10. The lowest BCUT2D eigenvalue weighted by atomic mass is 10.2. The highest BCUT2D eigenvalue weighted by Crippen LogP contribution is 2.38. The number of anilines is 1. The van der Waals surface area contributed by atoms with Gasteiger partial charge in [-0.25, -0.2) is 8.42 Å². The van der Waals surface area contributed by atoms with Gasteiger partial charge in [-0.1, -0.05) is 15.9 Å². The second-order valence-electron chi connectivity index (χ2n) is 4.79. The summed E-state index contributed by atoms with van der Waals surface area (Å²) in [7, 11) is -3.77. The Bertz CT molecular complexity index is 714. The number of benzene rings is 1. The van der Waals surface area contributed by atoms with Gasteiger partial charge in [0.1, 0.15) is 0 Å². The normalized spacial score (nSPS) is 14.1. The van der Waals surface area contributed by atoms with Gasteiger partial charge in [-0.15, -0.1) is 0 Å². The van der Waals surface area contributed by atoms with Gasteiger partial charge < -0.3 is 10.0 Å². The van der Waals surface area contributed by atoms with Crippen molar-refractivity contribution in [2.75, 3.05) is 17.2 Å². The molecule has 0 atom stereocenters. The van der Waals surface area contributed by atoms with Crippen molar-refractivity contribution in [3.63, 3.8) is 0 Å². The predicted molar refractivity (Wildman–Crippen MR) is 80.2 cm³/mol. The number of carbonyl (C=O) groups excluding carboxylic acids is 1. The summed E-state index contributed by atoms with van der Waals surface area (Å²) in [6.45, 7) is 1.81. The van der Waals surface area contributed by atoms with E-state index in [-0.39, 0.29) is 10.8 Å². The number of hydrogen-bond donors (Lipinski definition) is 1. The number of carboxylic acids is 1. The first-order chi connectivity index (χ1) is 9.72. The standard InChI is InChI=1S/C13H14BrNO5S/c1-8(16)15-4-2-9-6-10(14)7-11(13(9)15)21(19,20)5-3-12(17)18/h6-7H,2-5H2,1H3,(H,17,18). The number of aliphatic carboxylic acids is 1. The SMILES string of the molecule is CC(=O)N1CCc2cc(Br)cc(S(=O)(=O)CCC(=O)O)c21. The first-order valence-electron chi connectivity index (χ1n) is 6.27. The third kappa shape index (κ3) is 3.26. The molecular weight excluding hydrogens is 362 g/mol. The third-order valence-electron chi connectivity index (χ3n) is 3.29. The van der Waals surface area contributed by atoms with Gasteiger partial charge in [0, 0.05) is 17.9 Å². The van der Waals surface area contributed by atoms with Crippen molar-refractivity contribution < 1.29 is 23.1 Å². The van der Waals surface area contributed by atoms with Crippen molar-refractivity contribution in [3.05, 3.63) is 22.2 Å². The zero-order valence-electron chi connectivity index (χ0n) is 11.3. The maximum Gasteiger partial charge on any atom is 0.304 e. The number of rotatable bonds is 4. The van der Waals surface area contributed by atoms with Crippen molar-refractivity contribution in [3.8, 4) is 0 Å². The summed E-state index contributed by atoms with van der Waals surface area (Å²) in [5.41, 5.74) is 1.16. The number of fused-ring (bicyclic) bond motifs is 1. The zero-order chi connectivity index (χ0) is 15.8. The first-order valence-corrected chi connectivity index (χ1v) is 8.72. The van der Waals surface area contributed by atoms with E-state index < -0.39 is 28.0 Å². The fourth-order valence-electron chi connectivity index (χ4n) is 2.35. The second kappa shape index (κ2) is 5.76. The molecule has 0 bridgehead atoms. The van der Waals surface area contributed by atoms with Crippen LogP contribution in [0.4, 0.5) is 5.69 Å². The molecule has 1 aromatic rings. The Hall–Kier alpha value is -1.41. The molecular formula is C13H14BrNO5S. The monoisotopic (exact) mass is 375 g/mol. The molecule has 0 fully saturated rings. The molecule has 1 aromatic carbocycles. The maximum atomic E-state index is 12.4. The van der Waals surface area contributed by atoms with E-state index in [0.29, 0.717) is 23.1 Å². The van der Waals surface area contributed by atoms with E-state index >= 15 is 0 Å². The van der Waals surface area contributed by atoms with E-state index in [1.54, 1.807) is 6.07 Å². The fraction of sp³-hybridized carbons (Fsp3) is 0.385.